The molecule has 21 heavy (non-hydrogen) atoms. The van der Waals surface area contributed by atoms with Crippen molar-refractivity contribution in [3.63, 3.8) is 0 Å². The van der Waals surface area contributed by atoms with Crippen molar-refractivity contribution in [1.82, 2.24) is 10.2 Å². The predicted molar refractivity (Wildman–Crippen MR) is 81.4 cm³/mol. The fourth-order valence-corrected chi connectivity index (χ4v) is 7.29. The first-order valence-electron chi connectivity index (χ1n) is 8.84. The Bertz CT molecular complexity index is 555. The van der Waals surface area contributed by atoms with E-state index in [1.165, 1.54) is 44.3 Å². The van der Waals surface area contributed by atoms with Gasteiger partial charge in [-0.05, 0) is 62.3 Å². The van der Waals surface area contributed by atoms with Crippen molar-refractivity contribution < 1.29 is 4.79 Å². The highest BCUT2D eigenvalue weighted by molar-refractivity contribution is 5.76. The number of nitrogens with one attached hydrogen (secondary N) is 1. The van der Waals surface area contributed by atoms with Crippen molar-refractivity contribution in [2.75, 3.05) is 13.1 Å². The van der Waals surface area contributed by atoms with Crippen LogP contribution in [-0.2, 0) is 4.79 Å². The van der Waals surface area contributed by atoms with E-state index in [-0.39, 0.29) is 11.3 Å². The van der Waals surface area contributed by atoms with Crippen LogP contribution in [0.4, 0.5) is 0 Å². The van der Waals surface area contributed by atoms with Crippen molar-refractivity contribution in [3.05, 3.63) is 11.8 Å². The number of piperidine rings is 2. The maximum absolute atomic E-state index is 12.2. The number of carbonyl (C=O) groups is 1. The summed E-state index contributed by atoms with van der Waals surface area (Å²) in [7, 11) is 0. The SMILES string of the molecule is CC(=O)N1CCCC23C1=CC1CC(C)CC24NCC3CC14. The molecule has 2 saturated heterocycles. The largest absolute Gasteiger partial charge is 0.316 e. The lowest BCUT2D eigenvalue weighted by Gasteiger charge is -2.59. The van der Waals surface area contributed by atoms with Crippen molar-refractivity contribution >= 4 is 5.91 Å². The summed E-state index contributed by atoms with van der Waals surface area (Å²) in [4.78, 5) is 14.3. The van der Waals surface area contributed by atoms with E-state index >= 15 is 0 Å². The number of hydrogen-bond acceptors (Lipinski definition) is 2. The smallest absolute Gasteiger partial charge is 0.223 e. The Balaban J connectivity index is 1.74. The molecule has 0 aromatic heterocycles. The van der Waals surface area contributed by atoms with Crippen molar-refractivity contribution in [2.45, 2.75) is 51.5 Å². The van der Waals surface area contributed by atoms with E-state index in [0.717, 1.165) is 24.3 Å². The number of hydrogen-bond donors (Lipinski definition) is 1. The van der Waals surface area contributed by atoms with Gasteiger partial charge >= 0.3 is 0 Å². The molecule has 2 saturated carbocycles. The van der Waals surface area contributed by atoms with Gasteiger partial charge in [-0.15, -0.1) is 0 Å². The monoisotopic (exact) mass is 286 g/mol. The summed E-state index contributed by atoms with van der Waals surface area (Å²) in [5, 5.41) is 4.00. The van der Waals surface area contributed by atoms with Crippen LogP contribution >= 0.6 is 0 Å². The van der Waals surface area contributed by atoms with Crippen LogP contribution in [-0.4, -0.2) is 29.4 Å². The van der Waals surface area contributed by atoms with Crippen LogP contribution in [0.5, 0.6) is 0 Å². The summed E-state index contributed by atoms with van der Waals surface area (Å²) in [6.07, 6.45) is 9.08. The van der Waals surface area contributed by atoms with E-state index in [1.807, 2.05) is 0 Å². The highest BCUT2D eigenvalue weighted by Crippen LogP contribution is 2.72. The van der Waals surface area contributed by atoms with Crippen molar-refractivity contribution in [2.24, 2.45) is 29.1 Å². The molecular formula is C18H26N2O. The summed E-state index contributed by atoms with van der Waals surface area (Å²) in [6.45, 7) is 6.31. The minimum Gasteiger partial charge on any atom is -0.316 e. The predicted octanol–water partition coefficient (Wildman–Crippen LogP) is 2.54. The van der Waals surface area contributed by atoms with Crippen LogP contribution in [0.2, 0.25) is 0 Å². The minimum atomic E-state index is 0.257. The highest BCUT2D eigenvalue weighted by Gasteiger charge is 2.74. The maximum Gasteiger partial charge on any atom is 0.223 e. The molecule has 3 heteroatoms. The van der Waals surface area contributed by atoms with Crippen LogP contribution in [0.1, 0.15) is 46.0 Å². The number of nitrogens with zero attached hydrogens (tertiary/aromatic N) is 1. The van der Waals surface area contributed by atoms with Crippen LogP contribution < -0.4 is 5.32 Å². The Morgan fingerprint density at radius 1 is 1.43 bits per heavy atom. The summed E-state index contributed by atoms with van der Waals surface area (Å²) < 4.78 is 0. The van der Waals surface area contributed by atoms with Gasteiger partial charge in [0.25, 0.3) is 0 Å². The van der Waals surface area contributed by atoms with E-state index in [2.05, 4.69) is 23.2 Å². The van der Waals surface area contributed by atoms with E-state index < -0.39 is 0 Å². The fourth-order valence-electron chi connectivity index (χ4n) is 7.29. The molecule has 6 atom stereocenters. The number of likely N-dealkylation sites (tertiary alicyclic amines) is 1. The first-order chi connectivity index (χ1) is 10.1. The molecule has 2 spiro atoms. The standard InChI is InChI=1S/C18H26N2O/c1-11-6-13-7-16-17(4-3-5-20(16)12(2)21)14-8-15(13)18(17,9-11)19-10-14/h7,11,13-15,19H,3-6,8-10H2,1-2H3. The molecule has 5 bridgehead atoms. The zero-order valence-electron chi connectivity index (χ0n) is 13.2. The molecular weight excluding hydrogens is 260 g/mol. The fraction of sp³-hybridized carbons (Fsp3) is 0.833. The van der Waals surface area contributed by atoms with Gasteiger partial charge in [0, 0.05) is 30.1 Å². The maximum atomic E-state index is 12.2. The molecule has 3 aliphatic carbocycles. The summed E-state index contributed by atoms with van der Waals surface area (Å²) in [5.74, 6) is 3.38. The zero-order valence-corrected chi connectivity index (χ0v) is 13.2. The van der Waals surface area contributed by atoms with E-state index in [1.54, 1.807) is 6.92 Å². The zero-order chi connectivity index (χ0) is 14.4. The van der Waals surface area contributed by atoms with E-state index in [4.69, 9.17) is 0 Å². The van der Waals surface area contributed by atoms with Gasteiger partial charge in [0.05, 0.1) is 0 Å². The van der Waals surface area contributed by atoms with Gasteiger partial charge in [0.15, 0.2) is 0 Å². The average molecular weight is 286 g/mol. The minimum absolute atomic E-state index is 0.257. The molecule has 1 amide bonds. The lowest BCUT2D eigenvalue weighted by Crippen LogP contribution is -2.65. The molecule has 0 aromatic rings. The highest BCUT2D eigenvalue weighted by atomic mass is 16.2. The van der Waals surface area contributed by atoms with Crippen LogP contribution in [0.3, 0.4) is 0 Å². The third-order valence-electron chi connectivity index (χ3n) is 7.64. The van der Waals surface area contributed by atoms with Gasteiger partial charge in [-0.1, -0.05) is 13.0 Å². The second-order valence-corrected chi connectivity index (χ2v) is 8.40. The number of amides is 1. The van der Waals surface area contributed by atoms with Gasteiger partial charge < -0.3 is 10.2 Å². The molecule has 2 heterocycles. The van der Waals surface area contributed by atoms with Crippen molar-refractivity contribution in [3.8, 4) is 0 Å². The average Bonchev–Trinajstić information content (AvgIpc) is 2.80. The number of allylic oxidation sites excluding steroid dienone is 1. The Hall–Kier alpha value is -0.830. The lowest BCUT2D eigenvalue weighted by atomic mass is 9.51. The Kier molecular flexibility index (Phi) is 2.26. The quantitative estimate of drug-likeness (QED) is 0.742. The molecule has 5 aliphatic rings. The van der Waals surface area contributed by atoms with Gasteiger partial charge in [0.2, 0.25) is 5.91 Å². The van der Waals surface area contributed by atoms with Crippen LogP contribution in [0.25, 0.3) is 0 Å². The first-order valence-corrected chi connectivity index (χ1v) is 8.84. The van der Waals surface area contributed by atoms with Gasteiger partial charge in [-0.3, -0.25) is 4.79 Å². The van der Waals surface area contributed by atoms with Gasteiger partial charge in [-0.2, -0.15) is 0 Å². The third-order valence-corrected chi connectivity index (χ3v) is 7.64. The first kappa shape index (κ1) is 12.7. The van der Waals surface area contributed by atoms with Crippen LogP contribution in [0.15, 0.2) is 11.8 Å². The number of rotatable bonds is 0. The third kappa shape index (κ3) is 1.22. The molecule has 2 aliphatic heterocycles. The summed E-state index contributed by atoms with van der Waals surface area (Å²) in [5.41, 5.74) is 2.03. The Morgan fingerprint density at radius 3 is 3.10 bits per heavy atom. The Morgan fingerprint density at radius 2 is 2.29 bits per heavy atom. The second-order valence-electron chi connectivity index (χ2n) is 8.40. The van der Waals surface area contributed by atoms with Crippen molar-refractivity contribution in [1.29, 1.82) is 0 Å². The van der Waals surface area contributed by atoms with E-state index in [9.17, 15) is 4.79 Å². The molecule has 0 aromatic carbocycles. The molecule has 3 nitrogen and oxygen atoms in total. The second kappa shape index (κ2) is 3.73. The normalized spacial score (nSPS) is 53.4. The van der Waals surface area contributed by atoms with Gasteiger partial charge in [0.1, 0.15) is 0 Å². The van der Waals surface area contributed by atoms with Crippen LogP contribution in [0, 0.1) is 29.1 Å². The molecule has 1 N–H and O–H groups in total. The lowest BCUT2D eigenvalue weighted by molar-refractivity contribution is -0.130. The van der Waals surface area contributed by atoms with E-state index in [0.29, 0.717) is 11.5 Å². The molecule has 4 fully saturated rings. The Labute approximate surface area is 127 Å². The van der Waals surface area contributed by atoms with Gasteiger partial charge in [-0.25, -0.2) is 0 Å². The molecule has 0 radical (unpaired) electrons. The summed E-state index contributed by atoms with van der Waals surface area (Å²) in [6, 6.07) is 0. The number of carbonyl (C=O) groups excluding carboxylic acids is 1. The topological polar surface area (TPSA) is 32.3 Å². The molecule has 5 rings (SSSR count). The summed E-state index contributed by atoms with van der Waals surface area (Å²) >= 11 is 0. The molecule has 6 unspecified atom stereocenters. The molecule has 114 valence electrons.